The Morgan fingerprint density at radius 1 is 0.848 bits per heavy atom. The summed E-state index contributed by atoms with van der Waals surface area (Å²) in [6.07, 6.45) is 4.74. The first-order chi connectivity index (χ1) is 22.2. The summed E-state index contributed by atoms with van der Waals surface area (Å²) in [6.45, 7) is 2.23. The SMILES string of the molecule is COc1nc(-c2cccc(-c3cccc(-c4cnc(CN(C)CC5CCC(=O)N5)c(OC)n4)c3Cl)c2Cl)cnc1CN(C)CCO. The number of methoxy groups -OCH3 is 2. The maximum atomic E-state index is 11.6. The van der Waals surface area contributed by atoms with Gasteiger partial charge in [-0.15, -0.1) is 0 Å². The van der Waals surface area contributed by atoms with Crippen molar-refractivity contribution in [3.05, 3.63) is 70.2 Å². The van der Waals surface area contributed by atoms with Crippen LogP contribution < -0.4 is 14.8 Å². The number of aliphatic hydroxyl groups excluding tert-OH is 1. The third-order valence-electron chi connectivity index (χ3n) is 7.79. The first-order valence-corrected chi connectivity index (χ1v) is 15.6. The topological polar surface area (TPSA) is 126 Å². The highest BCUT2D eigenvalue weighted by atomic mass is 35.5. The van der Waals surface area contributed by atoms with Gasteiger partial charge in [0.2, 0.25) is 17.7 Å². The molecule has 2 aromatic carbocycles. The van der Waals surface area contributed by atoms with Crippen LogP contribution in [0.15, 0.2) is 48.8 Å². The van der Waals surface area contributed by atoms with Gasteiger partial charge in [0.15, 0.2) is 0 Å². The largest absolute Gasteiger partial charge is 0.480 e. The highest BCUT2D eigenvalue weighted by molar-refractivity contribution is 6.39. The molecule has 46 heavy (non-hydrogen) atoms. The standard InChI is InChI=1S/C33H37Cl2N7O4/c1-41(13-14-43)18-27-32(45-3)39-25(15-36-27)23-9-5-7-21(30(23)34)22-8-6-10-24(31(22)35)26-16-37-28(33(40-26)46-4)19-42(2)17-20-11-12-29(44)38-20/h5-10,15-16,20,43H,11-14,17-19H2,1-4H3,(H,38,44). The van der Waals surface area contributed by atoms with Gasteiger partial charge in [0.05, 0.1) is 54.7 Å². The van der Waals surface area contributed by atoms with Gasteiger partial charge in [-0.1, -0.05) is 59.6 Å². The number of nitrogens with one attached hydrogen (secondary N) is 1. The van der Waals surface area contributed by atoms with Gasteiger partial charge in [-0.05, 0) is 20.5 Å². The van der Waals surface area contributed by atoms with Gasteiger partial charge >= 0.3 is 0 Å². The molecule has 0 radical (unpaired) electrons. The zero-order valence-corrected chi connectivity index (χ0v) is 27.8. The number of aliphatic hydroxyl groups is 1. The Labute approximate surface area is 278 Å². The number of carbonyl (C=O) groups is 1. The van der Waals surface area contributed by atoms with Crippen LogP contribution in [0.3, 0.4) is 0 Å². The maximum Gasteiger partial charge on any atom is 0.237 e. The normalized spacial score (nSPS) is 14.6. The molecule has 2 N–H and O–H groups in total. The number of hydrogen-bond acceptors (Lipinski definition) is 10. The molecule has 5 rings (SSSR count). The number of likely N-dealkylation sites (N-methyl/N-ethyl adjacent to an activating group) is 2. The van der Waals surface area contributed by atoms with Crippen molar-refractivity contribution in [3.8, 4) is 45.4 Å². The Balaban J connectivity index is 1.42. The molecular weight excluding hydrogens is 629 g/mol. The van der Waals surface area contributed by atoms with E-state index in [1.165, 1.54) is 0 Å². The van der Waals surface area contributed by atoms with E-state index in [4.69, 9.17) is 42.6 Å². The molecular formula is C33H37Cl2N7O4. The second kappa shape index (κ2) is 15.1. The van der Waals surface area contributed by atoms with E-state index < -0.39 is 0 Å². The van der Waals surface area contributed by atoms with Gasteiger partial charge in [-0.3, -0.25) is 24.6 Å². The van der Waals surface area contributed by atoms with Crippen LogP contribution in [0.2, 0.25) is 10.0 Å². The predicted octanol–water partition coefficient (Wildman–Crippen LogP) is 4.73. The average molecular weight is 667 g/mol. The lowest BCUT2D eigenvalue weighted by molar-refractivity contribution is -0.119. The molecule has 1 unspecified atom stereocenters. The second-order valence-electron chi connectivity index (χ2n) is 11.2. The lowest BCUT2D eigenvalue weighted by Gasteiger charge is -2.21. The summed E-state index contributed by atoms with van der Waals surface area (Å²) in [5, 5.41) is 13.2. The number of benzene rings is 2. The van der Waals surface area contributed by atoms with Crippen molar-refractivity contribution in [2.75, 3.05) is 48.0 Å². The van der Waals surface area contributed by atoms with E-state index in [9.17, 15) is 9.90 Å². The summed E-state index contributed by atoms with van der Waals surface area (Å²) in [6, 6.07) is 11.5. The molecule has 0 spiro atoms. The fraction of sp³-hybridized carbons (Fsp3) is 0.364. The minimum atomic E-state index is 0.0444. The summed E-state index contributed by atoms with van der Waals surface area (Å²) in [5.41, 5.74) is 5.24. The lowest BCUT2D eigenvalue weighted by atomic mass is 9.98. The minimum absolute atomic E-state index is 0.0444. The van der Waals surface area contributed by atoms with E-state index in [2.05, 4.69) is 20.2 Å². The first-order valence-electron chi connectivity index (χ1n) is 14.9. The van der Waals surface area contributed by atoms with Crippen molar-refractivity contribution < 1.29 is 19.4 Å². The Bertz CT molecular complexity index is 1710. The quantitative estimate of drug-likeness (QED) is 0.207. The van der Waals surface area contributed by atoms with Gasteiger partial charge in [-0.2, -0.15) is 0 Å². The maximum absolute atomic E-state index is 11.6. The van der Waals surface area contributed by atoms with Crippen LogP contribution in [0.5, 0.6) is 11.8 Å². The van der Waals surface area contributed by atoms with E-state index in [0.29, 0.717) is 88.3 Å². The van der Waals surface area contributed by atoms with Crippen molar-refractivity contribution >= 4 is 29.1 Å². The molecule has 11 nitrogen and oxygen atoms in total. The second-order valence-corrected chi connectivity index (χ2v) is 12.0. The van der Waals surface area contributed by atoms with Gasteiger partial charge in [0.1, 0.15) is 11.4 Å². The predicted molar refractivity (Wildman–Crippen MR) is 178 cm³/mol. The Hall–Kier alpha value is -3.87. The number of amides is 1. The van der Waals surface area contributed by atoms with Crippen LogP contribution in [0.25, 0.3) is 33.6 Å². The molecule has 1 amide bonds. The van der Waals surface area contributed by atoms with Crippen LogP contribution in [-0.2, 0) is 17.9 Å². The number of hydrogen-bond donors (Lipinski definition) is 2. The molecule has 1 aliphatic rings. The molecule has 1 saturated heterocycles. The number of halogens is 2. The van der Waals surface area contributed by atoms with Crippen molar-refractivity contribution in [2.45, 2.75) is 32.0 Å². The Kier molecular flexibility index (Phi) is 11.0. The summed E-state index contributed by atoms with van der Waals surface area (Å²) in [5.74, 6) is 0.880. The van der Waals surface area contributed by atoms with Crippen molar-refractivity contribution in [3.63, 3.8) is 0 Å². The zero-order chi connectivity index (χ0) is 32.8. The number of ether oxygens (including phenoxy) is 2. The third kappa shape index (κ3) is 7.56. The Morgan fingerprint density at radius 3 is 1.80 bits per heavy atom. The van der Waals surface area contributed by atoms with E-state index in [1.807, 2.05) is 55.4 Å². The molecule has 4 aromatic rings. The molecule has 1 atom stereocenters. The van der Waals surface area contributed by atoms with Crippen molar-refractivity contribution in [1.82, 2.24) is 35.1 Å². The Morgan fingerprint density at radius 2 is 1.35 bits per heavy atom. The number of aromatic nitrogens is 4. The van der Waals surface area contributed by atoms with E-state index >= 15 is 0 Å². The molecule has 0 aliphatic carbocycles. The molecule has 0 saturated carbocycles. The molecule has 3 heterocycles. The molecule has 1 fully saturated rings. The van der Waals surface area contributed by atoms with E-state index in [0.717, 1.165) is 17.5 Å². The van der Waals surface area contributed by atoms with Crippen LogP contribution in [0.4, 0.5) is 0 Å². The van der Waals surface area contributed by atoms with Crippen molar-refractivity contribution in [1.29, 1.82) is 0 Å². The first kappa shape index (κ1) is 33.5. The van der Waals surface area contributed by atoms with Crippen LogP contribution >= 0.6 is 23.2 Å². The fourth-order valence-electron chi connectivity index (χ4n) is 5.49. The number of nitrogens with zero attached hydrogens (tertiary/aromatic N) is 6. The summed E-state index contributed by atoms with van der Waals surface area (Å²) in [4.78, 5) is 34.3. The zero-order valence-electron chi connectivity index (χ0n) is 26.3. The van der Waals surface area contributed by atoms with Crippen LogP contribution in [-0.4, -0.2) is 94.8 Å². The number of carbonyl (C=O) groups excluding carboxylic acids is 1. The molecule has 13 heteroatoms. The van der Waals surface area contributed by atoms with Gasteiger partial charge in [0, 0.05) is 60.9 Å². The third-order valence-corrected chi connectivity index (χ3v) is 8.60. The summed E-state index contributed by atoms with van der Waals surface area (Å²) >= 11 is 14.1. The molecule has 1 aliphatic heterocycles. The van der Waals surface area contributed by atoms with Gasteiger partial charge in [0.25, 0.3) is 0 Å². The smallest absolute Gasteiger partial charge is 0.237 e. The number of rotatable bonds is 13. The summed E-state index contributed by atoms with van der Waals surface area (Å²) in [7, 11) is 6.98. The van der Waals surface area contributed by atoms with Crippen LogP contribution in [0, 0.1) is 0 Å². The highest BCUT2D eigenvalue weighted by Crippen LogP contribution is 2.42. The highest BCUT2D eigenvalue weighted by Gasteiger charge is 2.23. The van der Waals surface area contributed by atoms with Gasteiger partial charge < -0.3 is 19.9 Å². The van der Waals surface area contributed by atoms with Crippen molar-refractivity contribution in [2.24, 2.45) is 0 Å². The van der Waals surface area contributed by atoms with E-state index in [1.54, 1.807) is 26.6 Å². The molecule has 2 aromatic heterocycles. The molecule has 242 valence electrons. The lowest BCUT2D eigenvalue weighted by Crippen LogP contribution is -2.36. The van der Waals surface area contributed by atoms with E-state index in [-0.39, 0.29) is 18.6 Å². The molecule has 0 bridgehead atoms. The average Bonchev–Trinajstić information content (AvgIpc) is 3.46. The minimum Gasteiger partial charge on any atom is -0.480 e. The van der Waals surface area contributed by atoms with Crippen LogP contribution in [0.1, 0.15) is 24.2 Å². The monoisotopic (exact) mass is 665 g/mol. The fourth-order valence-corrected chi connectivity index (χ4v) is 6.14. The summed E-state index contributed by atoms with van der Waals surface area (Å²) < 4.78 is 11.2. The van der Waals surface area contributed by atoms with Gasteiger partial charge in [-0.25, -0.2) is 9.97 Å².